The molecular formula is C20H17FN6O2. The number of imidazole rings is 1. The van der Waals surface area contributed by atoms with Crippen LogP contribution in [0.25, 0.3) is 16.9 Å². The van der Waals surface area contributed by atoms with E-state index in [-0.39, 0.29) is 11.9 Å². The number of aromatic nitrogens is 6. The van der Waals surface area contributed by atoms with Crippen molar-refractivity contribution >= 4 is 5.65 Å². The first-order chi connectivity index (χ1) is 14.2. The van der Waals surface area contributed by atoms with Gasteiger partial charge in [-0.25, -0.2) is 9.97 Å². The van der Waals surface area contributed by atoms with Crippen molar-refractivity contribution < 1.29 is 13.9 Å². The van der Waals surface area contributed by atoms with Crippen LogP contribution in [0.4, 0.5) is 4.39 Å². The van der Waals surface area contributed by atoms with Crippen LogP contribution in [0.1, 0.15) is 29.4 Å². The minimum Gasteiger partial charge on any atom is -0.480 e. The summed E-state index contributed by atoms with van der Waals surface area (Å²) in [5.41, 5.74) is 3.64. The fourth-order valence-electron chi connectivity index (χ4n) is 3.65. The van der Waals surface area contributed by atoms with E-state index in [1.54, 1.807) is 12.4 Å². The number of pyridine rings is 1. The molecule has 4 aromatic rings. The van der Waals surface area contributed by atoms with Crippen molar-refractivity contribution in [3.05, 3.63) is 60.1 Å². The number of hydrogen-bond acceptors (Lipinski definition) is 7. The molecule has 0 saturated heterocycles. The molecule has 0 unspecified atom stereocenters. The van der Waals surface area contributed by atoms with Crippen molar-refractivity contribution in [1.82, 2.24) is 29.5 Å². The van der Waals surface area contributed by atoms with Gasteiger partial charge in [0.25, 0.3) is 0 Å². The third-order valence-corrected chi connectivity index (χ3v) is 5.14. The van der Waals surface area contributed by atoms with E-state index in [2.05, 4.69) is 31.1 Å². The average molecular weight is 392 g/mol. The Morgan fingerprint density at radius 2 is 2.00 bits per heavy atom. The molecular weight excluding hydrogens is 375 g/mol. The van der Waals surface area contributed by atoms with Gasteiger partial charge in [0, 0.05) is 24.2 Å². The van der Waals surface area contributed by atoms with Gasteiger partial charge < -0.3 is 9.47 Å². The highest BCUT2D eigenvalue weighted by Crippen LogP contribution is 2.55. The van der Waals surface area contributed by atoms with Crippen molar-refractivity contribution in [2.75, 3.05) is 14.2 Å². The maximum atomic E-state index is 14.4. The molecule has 0 radical (unpaired) electrons. The van der Waals surface area contributed by atoms with E-state index < -0.39 is 5.95 Å². The summed E-state index contributed by atoms with van der Waals surface area (Å²) in [5.74, 6) is 0.289. The number of ether oxygens (including phenoxy) is 2. The monoisotopic (exact) mass is 392 g/mol. The summed E-state index contributed by atoms with van der Waals surface area (Å²) in [5, 5.41) is 4.40. The number of rotatable bonds is 5. The number of hydrogen-bond donors (Lipinski definition) is 0. The van der Waals surface area contributed by atoms with Gasteiger partial charge in [-0.3, -0.25) is 4.98 Å². The molecule has 8 nitrogen and oxygen atoms in total. The second-order valence-corrected chi connectivity index (χ2v) is 6.82. The Kier molecular flexibility index (Phi) is 4.08. The molecule has 0 spiro atoms. The van der Waals surface area contributed by atoms with E-state index in [4.69, 9.17) is 9.47 Å². The zero-order valence-corrected chi connectivity index (χ0v) is 15.8. The first-order valence-corrected chi connectivity index (χ1v) is 9.09. The minimum absolute atomic E-state index is 0.180. The highest BCUT2D eigenvalue weighted by atomic mass is 19.1. The maximum absolute atomic E-state index is 14.4. The van der Waals surface area contributed by atoms with Crippen LogP contribution in [0, 0.1) is 5.95 Å². The van der Waals surface area contributed by atoms with E-state index in [0.717, 1.165) is 17.5 Å². The molecule has 0 aliphatic heterocycles. The molecule has 0 aromatic carbocycles. The zero-order valence-electron chi connectivity index (χ0n) is 15.8. The van der Waals surface area contributed by atoms with E-state index in [9.17, 15) is 4.39 Å². The Labute approximate surface area is 165 Å². The Morgan fingerprint density at radius 1 is 1.10 bits per heavy atom. The molecule has 1 saturated carbocycles. The fourth-order valence-corrected chi connectivity index (χ4v) is 3.65. The van der Waals surface area contributed by atoms with Gasteiger partial charge in [-0.15, -0.1) is 0 Å². The Hall–Kier alpha value is -3.62. The summed E-state index contributed by atoms with van der Waals surface area (Å²) in [6.45, 7) is 0. The molecule has 1 fully saturated rings. The van der Waals surface area contributed by atoms with E-state index in [1.807, 2.05) is 18.3 Å². The van der Waals surface area contributed by atoms with Crippen LogP contribution in [-0.2, 0) is 0 Å². The Balaban J connectivity index is 1.63. The smallest absolute Gasteiger partial charge is 0.319 e. The second kappa shape index (κ2) is 6.77. The van der Waals surface area contributed by atoms with E-state index >= 15 is 0 Å². The molecule has 1 aliphatic rings. The van der Waals surface area contributed by atoms with Crippen LogP contribution in [-0.4, -0.2) is 43.8 Å². The summed E-state index contributed by atoms with van der Waals surface area (Å²) in [6.07, 6.45) is 7.30. The van der Waals surface area contributed by atoms with Crippen LogP contribution < -0.4 is 9.47 Å². The quantitative estimate of drug-likeness (QED) is 0.516. The summed E-state index contributed by atoms with van der Waals surface area (Å²) in [6, 6.07) is 6.08. The standard InChI is InChI=1S/C20H17FN6O2/c1-28-19-15(9-24-20(25-19)29-2)16-7-14(18-23-10-17(21)27(18)26-16)13-6-12(13)11-4-3-5-22-8-11/h3-5,7-10,12-13H,6H2,1-2H3/t12-,13+/m1/s1. The number of halogens is 1. The number of methoxy groups -OCH3 is 2. The van der Waals surface area contributed by atoms with Crippen molar-refractivity contribution in [2.45, 2.75) is 18.3 Å². The van der Waals surface area contributed by atoms with Crippen LogP contribution >= 0.6 is 0 Å². The third-order valence-electron chi connectivity index (χ3n) is 5.14. The molecule has 146 valence electrons. The van der Waals surface area contributed by atoms with Gasteiger partial charge in [-0.05, 0) is 36.0 Å². The Bertz CT molecular complexity index is 1200. The van der Waals surface area contributed by atoms with Gasteiger partial charge in [-0.2, -0.15) is 19.0 Å². The molecule has 4 aromatic heterocycles. The molecule has 5 rings (SSSR count). The van der Waals surface area contributed by atoms with Crippen molar-refractivity contribution in [2.24, 2.45) is 0 Å². The van der Waals surface area contributed by atoms with Crippen LogP contribution in [0.2, 0.25) is 0 Å². The topological polar surface area (TPSA) is 87.3 Å². The van der Waals surface area contributed by atoms with E-state index in [0.29, 0.717) is 28.7 Å². The van der Waals surface area contributed by atoms with Crippen LogP contribution in [0.3, 0.4) is 0 Å². The van der Waals surface area contributed by atoms with Crippen molar-refractivity contribution in [3.63, 3.8) is 0 Å². The zero-order chi connectivity index (χ0) is 20.0. The molecule has 29 heavy (non-hydrogen) atoms. The largest absolute Gasteiger partial charge is 0.480 e. The van der Waals surface area contributed by atoms with Gasteiger partial charge in [0.1, 0.15) is 0 Å². The van der Waals surface area contributed by atoms with Gasteiger partial charge >= 0.3 is 6.01 Å². The first-order valence-electron chi connectivity index (χ1n) is 9.09. The molecule has 4 heterocycles. The molecule has 0 bridgehead atoms. The van der Waals surface area contributed by atoms with Gasteiger partial charge in [0.15, 0.2) is 5.65 Å². The summed E-state index contributed by atoms with van der Waals surface area (Å²) >= 11 is 0. The lowest BCUT2D eigenvalue weighted by Gasteiger charge is -2.10. The molecule has 2 atom stereocenters. The first kappa shape index (κ1) is 17.5. The van der Waals surface area contributed by atoms with Gasteiger partial charge in [0.2, 0.25) is 11.8 Å². The molecule has 0 N–H and O–H groups in total. The van der Waals surface area contributed by atoms with Crippen LogP contribution in [0.15, 0.2) is 43.0 Å². The predicted molar refractivity (Wildman–Crippen MR) is 101 cm³/mol. The third kappa shape index (κ3) is 2.95. The number of nitrogens with zero attached hydrogens (tertiary/aromatic N) is 6. The molecule has 0 amide bonds. The van der Waals surface area contributed by atoms with E-state index in [1.165, 1.54) is 24.9 Å². The van der Waals surface area contributed by atoms with Crippen LogP contribution in [0.5, 0.6) is 11.9 Å². The summed E-state index contributed by atoms with van der Waals surface area (Å²) in [4.78, 5) is 16.8. The van der Waals surface area contributed by atoms with Gasteiger partial charge in [-0.1, -0.05) is 6.07 Å². The molecule has 1 aliphatic carbocycles. The second-order valence-electron chi connectivity index (χ2n) is 6.82. The summed E-state index contributed by atoms with van der Waals surface area (Å²) < 4.78 is 26.0. The predicted octanol–water partition coefficient (Wildman–Crippen LogP) is 3.01. The molecule has 9 heteroatoms. The number of fused-ring (bicyclic) bond motifs is 1. The summed E-state index contributed by atoms with van der Waals surface area (Å²) in [7, 11) is 2.98. The Morgan fingerprint density at radius 3 is 2.76 bits per heavy atom. The maximum Gasteiger partial charge on any atom is 0.319 e. The fraction of sp³-hybridized carbons (Fsp3) is 0.250. The lowest BCUT2D eigenvalue weighted by Crippen LogP contribution is -2.04. The van der Waals surface area contributed by atoms with Crippen molar-refractivity contribution in [3.8, 4) is 23.1 Å². The van der Waals surface area contributed by atoms with Crippen molar-refractivity contribution in [1.29, 1.82) is 0 Å². The normalized spacial score (nSPS) is 18.0. The highest BCUT2D eigenvalue weighted by molar-refractivity contribution is 5.68. The minimum atomic E-state index is -0.532. The average Bonchev–Trinajstić information content (AvgIpc) is 3.49. The van der Waals surface area contributed by atoms with Gasteiger partial charge in [0.05, 0.1) is 31.7 Å². The lowest BCUT2D eigenvalue weighted by molar-refractivity contribution is 0.353. The lowest BCUT2D eigenvalue weighted by atomic mass is 10.1. The highest BCUT2D eigenvalue weighted by Gasteiger charge is 2.41. The SMILES string of the molecule is COc1ncc(-c2cc([C@H]3C[C@@H]3c3cccnc3)c3ncc(F)n3n2)c(OC)n1.